The standard InChI is InChI=1S/C32H31N5O3/c1-21-15-16-29(40-4)27(18-21)33-32(38)36-20-26-22(2)34-37(24-11-6-5-7-12-24)31(26)35-17-9-14-28(35)30(36)23-10-8-13-25(19-23)39-3/h5-19,30H,20H2,1-4H3,(H,33,38)/t30-/m0/s1. The van der Waals surface area contributed by atoms with Gasteiger partial charge in [0, 0.05) is 11.8 Å². The summed E-state index contributed by atoms with van der Waals surface area (Å²) in [5, 5.41) is 8.06. The van der Waals surface area contributed by atoms with E-state index in [0.29, 0.717) is 18.0 Å². The molecule has 3 heterocycles. The molecule has 0 saturated heterocycles. The van der Waals surface area contributed by atoms with Gasteiger partial charge in [0.1, 0.15) is 17.3 Å². The molecule has 5 aromatic rings. The van der Waals surface area contributed by atoms with Crippen molar-refractivity contribution in [2.45, 2.75) is 26.4 Å². The molecule has 0 unspecified atom stereocenters. The van der Waals surface area contributed by atoms with E-state index in [9.17, 15) is 4.79 Å². The van der Waals surface area contributed by atoms with E-state index in [1.54, 1.807) is 14.2 Å². The van der Waals surface area contributed by atoms with Crippen LogP contribution in [0, 0.1) is 13.8 Å². The zero-order valence-corrected chi connectivity index (χ0v) is 23.0. The van der Waals surface area contributed by atoms with Crippen molar-refractivity contribution >= 4 is 11.7 Å². The number of amides is 2. The lowest BCUT2D eigenvalue weighted by Gasteiger charge is -2.31. The van der Waals surface area contributed by atoms with Gasteiger partial charge in [-0.2, -0.15) is 5.10 Å². The fourth-order valence-corrected chi connectivity index (χ4v) is 5.42. The number of aryl methyl sites for hydroxylation is 2. The molecule has 2 amide bonds. The predicted molar refractivity (Wildman–Crippen MR) is 155 cm³/mol. The van der Waals surface area contributed by atoms with Crippen molar-refractivity contribution in [3.8, 4) is 23.0 Å². The van der Waals surface area contributed by atoms with E-state index in [4.69, 9.17) is 14.6 Å². The summed E-state index contributed by atoms with van der Waals surface area (Å²) >= 11 is 0. The van der Waals surface area contributed by atoms with Gasteiger partial charge < -0.3 is 24.3 Å². The number of rotatable bonds is 5. The van der Waals surface area contributed by atoms with Crippen LogP contribution in [0.2, 0.25) is 0 Å². The number of aromatic nitrogens is 3. The zero-order chi connectivity index (χ0) is 27.8. The lowest BCUT2D eigenvalue weighted by atomic mass is 10.0. The molecule has 0 fully saturated rings. The molecule has 3 aromatic carbocycles. The van der Waals surface area contributed by atoms with Crippen molar-refractivity contribution in [1.82, 2.24) is 19.2 Å². The quantitative estimate of drug-likeness (QED) is 0.282. The topological polar surface area (TPSA) is 73.5 Å². The Morgan fingerprint density at radius 1 is 0.925 bits per heavy atom. The Morgan fingerprint density at radius 2 is 1.75 bits per heavy atom. The fourth-order valence-electron chi connectivity index (χ4n) is 5.42. The second kappa shape index (κ2) is 10.3. The lowest BCUT2D eigenvalue weighted by molar-refractivity contribution is 0.194. The summed E-state index contributed by atoms with van der Waals surface area (Å²) in [5.41, 5.74) is 6.30. The van der Waals surface area contributed by atoms with E-state index in [0.717, 1.165) is 45.3 Å². The van der Waals surface area contributed by atoms with Crippen molar-refractivity contribution in [2.24, 2.45) is 0 Å². The number of urea groups is 1. The molecule has 0 aliphatic carbocycles. The molecule has 0 spiro atoms. The molecule has 2 aromatic heterocycles. The number of methoxy groups -OCH3 is 2. The van der Waals surface area contributed by atoms with Crippen molar-refractivity contribution in [1.29, 1.82) is 0 Å². The predicted octanol–water partition coefficient (Wildman–Crippen LogP) is 6.43. The van der Waals surface area contributed by atoms with Crippen LogP contribution in [0.3, 0.4) is 0 Å². The third kappa shape index (κ3) is 4.37. The molecule has 0 saturated carbocycles. The monoisotopic (exact) mass is 533 g/mol. The number of carbonyl (C=O) groups is 1. The maximum absolute atomic E-state index is 14.3. The number of hydrogen-bond acceptors (Lipinski definition) is 4. The van der Waals surface area contributed by atoms with Gasteiger partial charge >= 0.3 is 6.03 Å². The van der Waals surface area contributed by atoms with Gasteiger partial charge in [-0.25, -0.2) is 9.48 Å². The first-order valence-corrected chi connectivity index (χ1v) is 13.2. The van der Waals surface area contributed by atoms with Crippen LogP contribution in [0.1, 0.15) is 34.1 Å². The Hall–Kier alpha value is -4.98. The highest BCUT2D eigenvalue weighted by Gasteiger charge is 2.36. The second-order valence-electron chi connectivity index (χ2n) is 9.88. The molecule has 8 heteroatoms. The van der Waals surface area contributed by atoms with Crippen LogP contribution in [-0.2, 0) is 6.54 Å². The number of nitrogens with one attached hydrogen (secondary N) is 1. The van der Waals surface area contributed by atoms with E-state index in [1.165, 1.54) is 0 Å². The Labute approximate surface area is 233 Å². The van der Waals surface area contributed by atoms with Gasteiger partial charge in [0.15, 0.2) is 0 Å². The number of para-hydroxylation sites is 1. The summed E-state index contributed by atoms with van der Waals surface area (Å²) in [7, 11) is 3.25. The fraction of sp³-hybridized carbons (Fsp3) is 0.188. The van der Waals surface area contributed by atoms with Crippen molar-refractivity contribution < 1.29 is 14.3 Å². The Kier molecular flexibility index (Phi) is 6.51. The number of benzene rings is 3. The van der Waals surface area contributed by atoms with E-state index in [-0.39, 0.29) is 6.03 Å². The van der Waals surface area contributed by atoms with Crippen LogP contribution >= 0.6 is 0 Å². The van der Waals surface area contributed by atoms with Crippen molar-refractivity contribution in [2.75, 3.05) is 19.5 Å². The van der Waals surface area contributed by atoms with Gasteiger partial charge in [-0.15, -0.1) is 0 Å². The first-order valence-electron chi connectivity index (χ1n) is 13.2. The van der Waals surface area contributed by atoms with Crippen molar-refractivity contribution in [3.05, 3.63) is 119 Å². The number of ether oxygens (including phenoxy) is 2. The largest absolute Gasteiger partial charge is 0.497 e. The lowest BCUT2D eigenvalue weighted by Crippen LogP contribution is -2.38. The molecule has 1 aliphatic rings. The minimum absolute atomic E-state index is 0.246. The van der Waals surface area contributed by atoms with E-state index < -0.39 is 6.04 Å². The summed E-state index contributed by atoms with van der Waals surface area (Å²) in [5.74, 6) is 2.24. The first-order chi connectivity index (χ1) is 19.5. The average Bonchev–Trinajstić information content (AvgIpc) is 3.54. The number of fused-ring (bicyclic) bond motifs is 3. The SMILES string of the molecule is COc1cccc([C@H]2c3cccn3-c3c(c(C)nn3-c3ccccc3)CN2C(=O)Nc2cc(C)ccc2OC)c1. The molecule has 1 atom stereocenters. The molecular formula is C32H31N5O3. The van der Waals surface area contributed by atoms with Gasteiger partial charge in [0.05, 0.1) is 49.6 Å². The summed E-state index contributed by atoms with van der Waals surface area (Å²) in [6, 6.07) is 27.1. The molecule has 8 nitrogen and oxygen atoms in total. The zero-order valence-electron chi connectivity index (χ0n) is 23.0. The minimum atomic E-state index is -0.406. The third-order valence-electron chi connectivity index (χ3n) is 7.35. The highest BCUT2D eigenvalue weighted by Crippen LogP contribution is 2.40. The van der Waals surface area contributed by atoms with Crippen molar-refractivity contribution in [3.63, 3.8) is 0 Å². The van der Waals surface area contributed by atoms with E-state index in [1.807, 2.05) is 108 Å². The molecule has 0 radical (unpaired) electrons. The smallest absolute Gasteiger partial charge is 0.323 e. The molecule has 40 heavy (non-hydrogen) atoms. The Balaban J connectivity index is 1.54. The summed E-state index contributed by atoms with van der Waals surface area (Å²) < 4.78 is 15.2. The number of carbonyl (C=O) groups excluding carboxylic acids is 1. The molecule has 202 valence electrons. The number of hydrogen-bond donors (Lipinski definition) is 1. The van der Waals surface area contributed by atoms with E-state index >= 15 is 0 Å². The van der Waals surface area contributed by atoms with Gasteiger partial charge in [-0.1, -0.05) is 36.4 Å². The summed E-state index contributed by atoms with van der Waals surface area (Å²) in [6.07, 6.45) is 2.03. The van der Waals surface area contributed by atoms with Gasteiger partial charge in [0.2, 0.25) is 0 Å². The molecule has 1 N–H and O–H groups in total. The summed E-state index contributed by atoms with van der Waals surface area (Å²) in [6.45, 7) is 4.32. The number of nitrogens with zero attached hydrogens (tertiary/aromatic N) is 4. The van der Waals surface area contributed by atoms with Crippen LogP contribution in [0.5, 0.6) is 11.5 Å². The van der Waals surface area contributed by atoms with Crippen LogP contribution in [0.4, 0.5) is 10.5 Å². The van der Waals surface area contributed by atoms with Crippen LogP contribution in [0.15, 0.2) is 91.1 Å². The van der Waals surface area contributed by atoms with Crippen LogP contribution in [0.25, 0.3) is 11.5 Å². The van der Waals surface area contributed by atoms with Gasteiger partial charge in [0.25, 0.3) is 0 Å². The van der Waals surface area contributed by atoms with Gasteiger partial charge in [-0.05, 0) is 73.5 Å². The summed E-state index contributed by atoms with van der Waals surface area (Å²) in [4.78, 5) is 16.1. The van der Waals surface area contributed by atoms with E-state index in [2.05, 4.69) is 16.0 Å². The minimum Gasteiger partial charge on any atom is -0.497 e. The third-order valence-corrected chi connectivity index (χ3v) is 7.35. The molecule has 6 rings (SSSR count). The first kappa shape index (κ1) is 25.3. The Morgan fingerprint density at radius 3 is 2.52 bits per heavy atom. The number of anilines is 1. The average molecular weight is 534 g/mol. The maximum Gasteiger partial charge on any atom is 0.323 e. The second-order valence-corrected chi connectivity index (χ2v) is 9.88. The van der Waals surface area contributed by atoms with Crippen LogP contribution in [-0.4, -0.2) is 39.5 Å². The molecular weight excluding hydrogens is 502 g/mol. The maximum atomic E-state index is 14.3. The Bertz CT molecular complexity index is 1690. The molecule has 1 aliphatic heterocycles. The highest BCUT2D eigenvalue weighted by molar-refractivity contribution is 5.92. The normalized spacial score (nSPS) is 14.2. The van der Waals surface area contributed by atoms with Crippen LogP contribution < -0.4 is 14.8 Å². The van der Waals surface area contributed by atoms with Gasteiger partial charge in [-0.3, -0.25) is 0 Å². The highest BCUT2D eigenvalue weighted by atomic mass is 16.5. The molecule has 0 bridgehead atoms.